The number of hydrogen-bond acceptors (Lipinski definition) is 3. The fourth-order valence-corrected chi connectivity index (χ4v) is 8.63. The predicted molar refractivity (Wildman–Crippen MR) is 175 cm³/mol. The van der Waals surface area contributed by atoms with E-state index in [9.17, 15) is 4.39 Å². The van der Waals surface area contributed by atoms with Crippen LogP contribution in [0.4, 0.5) is 14.5 Å². The van der Waals surface area contributed by atoms with Crippen molar-refractivity contribution < 1.29 is 18.3 Å². The highest BCUT2D eigenvalue weighted by atomic mass is 19.1. The Morgan fingerprint density at radius 1 is 0.711 bits per heavy atom. The molecule has 1 spiro atoms. The second-order valence-corrected chi connectivity index (χ2v) is 12.8. The maximum Gasteiger partial charge on any atom is 0.178 e. The lowest BCUT2D eigenvalue weighted by Gasteiger charge is -2.39. The van der Waals surface area contributed by atoms with E-state index in [4.69, 9.17) is 9.47 Å². The van der Waals surface area contributed by atoms with E-state index in [0.717, 1.165) is 102 Å². The first-order chi connectivity index (χ1) is 22.1. The first-order valence-electron chi connectivity index (χ1n) is 16.1. The maximum atomic E-state index is 15.9. The van der Waals surface area contributed by atoms with Crippen LogP contribution >= 0.6 is 0 Å². The zero-order valence-corrected chi connectivity index (χ0v) is 25.0. The molecule has 1 atom stereocenters. The lowest BCUT2D eigenvalue weighted by atomic mass is 9.73. The lowest BCUT2D eigenvalue weighted by Crippen LogP contribution is -2.37. The average molecular weight is 598 g/mol. The highest BCUT2D eigenvalue weighted by molar-refractivity contribution is 6.08. The van der Waals surface area contributed by atoms with Crippen LogP contribution in [0.1, 0.15) is 53.5 Å². The molecule has 1 saturated carbocycles. The van der Waals surface area contributed by atoms with Crippen molar-refractivity contribution >= 4 is 22.5 Å². The summed E-state index contributed by atoms with van der Waals surface area (Å²) in [4.78, 5) is 2.35. The van der Waals surface area contributed by atoms with Gasteiger partial charge in [-0.15, -0.1) is 0 Å². The Balaban J connectivity index is 1.29. The number of fused-ring (bicyclic) bond motifs is 10. The van der Waals surface area contributed by atoms with E-state index in [0.29, 0.717) is 11.1 Å². The van der Waals surface area contributed by atoms with Gasteiger partial charge in [-0.3, -0.25) is 0 Å². The molecule has 0 amide bonds. The predicted octanol–water partition coefficient (Wildman–Crippen LogP) is 9.14. The number of rotatable bonds is 3. The van der Waals surface area contributed by atoms with E-state index in [2.05, 4.69) is 65.6 Å². The second-order valence-electron chi connectivity index (χ2n) is 12.8. The van der Waals surface area contributed by atoms with E-state index in [-0.39, 0.29) is 0 Å². The van der Waals surface area contributed by atoms with Crippen molar-refractivity contribution in [1.82, 2.24) is 0 Å². The number of nitrogens with zero attached hydrogens (tertiary/aromatic N) is 1. The zero-order chi connectivity index (χ0) is 30.2. The minimum Gasteiger partial charge on any atom is -0.472 e. The maximum absolute atomic E-state index is 15.9. The summed E-state index contributed by atoms with van der Waals surface area (Å²) in [5, 5.41) is 1.92. The number of benzene rings is 5. The molecule has 5 heteroatoms. The summed E-state index contributed by atoms with van der Waals surface area (Å²) in [6, 6.07) is 29.9. The molecule has 0 bridgehead atoms. The van der Waals surface area contributed by atoms with E-state index >= 15 is 4.39 Å². The van der Waals surface area contributed by atoms with Crippen molar-refractivity contribution in [2.45, 2.75) is 36.7 Å². The third-order valence-corrected chi connectivity index (χ3v) is 10.6. The molecular weight excluding hydrogens is 564 g/mol. The van der Waals surface area contributed by atoms with Crippen LogP contribution in [0.3, 0.4) is 0 Å². The average Bonchev–Trinajstić information content (AvgIpc) is 3.69. The van der Waals surface area contributed by atoms with Gasteiger partial charge in [0.25, 0.3) is 0 Å². The van der Waals surface area contributed by atoms with E-state index in [1.54, 1.807) is 6.07 Å². The van der Waals surface area contributed by atoms with Gasteiger partial charge >= 0.3 is 0 Å². The van der Waals surface area contributed by atoms with Gasteiger partial charge in [-0.2, -0.15) is 0 Å². The van der Waals surface area contributed by atoms with Crippen molar-refractivity contribution in [1.29, 1.82) is 0 Å². The summed E-state index contributed by atoms with van der Waals surface area (Å²) in [6.45, 7) is 3.21. The van der Waals surface area contributed by atoms with Crippen LogP contribution in [0.15, 0.2) is 97.1 Å². The van der Waals surface area contributed by atoms with Crippen molar-refractivity contribution in [2.75, 3.05) is 31.2 Å². The minimum atomic E-state index is -0.875. The molecule has 1 saturated heterocycles. The monoisotopic (exact) mass is 597 g/mol. The summed E-state index contributed by atoms with van der Waals surface area (Å²) in [6.07, 6.45) is 8.05. The van der Waals surface area contributed by atoms with Gasteiger partial charge in [0.15, 0.2) is 5.60 Å². The third kappa shape index (κ3) is 3.83. The topological polar surface area (TPSA) is 21.7 Å². The van der Waals surface area contributed by atoms with Gasteiger partial charge in [0, 0.05) is 57.9 Å². The van der Waals surface area contributed by atoms with Crippen molar-refractivity contribution in [3.63, 3.8) is 0 Å². The summed E-state index contributed by atoms with van der Waals surface area (Å²) in [5.41, 5.74) is 6.23. The Morgan fingerprint density at radius 3 is 2.16 bits per heavy atom. The molecule has 9 rings (SSSR count). The number of hydrogen-bond donors (Lipinski definition) is 0. The Hall–Kier alpha value is -4.48. The summed E-state index contributed by atoms with van der Waals surface area (Å²) >= 11 is 0. The Morgan fingerprint density at radius 2 is 1.40 bits per heavy atom. The fourth-order valence-electron chi connectivity index (χ4n) is 8.63. The molecule has 1 unspecified atom stereocenters. The Kier molecular flexibility index (Phi) is 5.98. The number of anilines is 1. The van der Waals surface area contributed by atoms with E-state index in [1.165, 1.54) is 5.69 Å². The third-order valence-electron chi connectivity index (χ3n) is 10.6. The SMILES string of the molecule is Fc1cc(F)c2c(c1)-c1c(c3c(c4ccccc14)OC(c1ccccc1)(c1ccc(N4CCOCC4)cc1)C=C3)C21CCCC1. The lowest BCUT2D eigenvalue weighted by molar-refractivity contribution is 0.122. The molecule has 0 N–H and O–H groups in total. The van der Waals surface area contributed by atoms with Crippen molar-refractivity contribution in [2.24, 2.45) is 0 Å². The highest BCUT2D eigenvalue weighted by Crippen LogP contribution is 2.63. The van der Waals surface area contributed by atoms with Gasteiger partial charge < -0.3 is 14.4 Å². The molecule has 45 heavy (non-hydrogen) atoms. The zero-order valence-electron chi connectivity index (χ0n) is 25.0. The van der Waals surface area contributed by atoms with Gasteiger partial charge in [-0.05, 0) is 59.2 Å². The molecule has 2 aliphatic carbocycles. The molecule has 3 nitrogen and oxygen atoms in total. The van der Waals surface area contributed by atoms with E-state index in [1.807, 2.05) is 30.3 Å². The summed E-state index contributed by atoms with van der Waals surface area (Å²) in [5.74, 6) is -0.182. The number of halogens is 2. The first kappa shape index (κ1) is 26.9. The van der Waals surface area contributed by atoms with Crippen LogP contribution in [0.25, 0.3) is 28.0 Å². The second kappa shape index (κ2) is 10.0. The van der Waals surface area contributed by atoms with Gasteiger partial charge in [-0.1, -0.05) is 85.6 Å². The number of ether oxygens (including phenoxy) is 2. The minimum absolute atomic E-state index is 0.444. The standard InChI is InChI=1S/C40H33F2NO2/c41-28-24-33-35-30-10-4-5-11-31(30)38-32(37(35)39(17-6-7-18-39)36(33)34(42)25-28)16-19-40(45-38,26-8-2-1-3-9-26)27-12-14-29(15-13-27)43-20-22-44-23-21-43/h1-5,8-16,19,24-25H,6-7,17-18,20-23H2. The smallest absolute Gasteiger partial charge is 0.178 e. The molecule has 224 valence electrons. The summed E-state index contributed by atoms with van der Waals surface area (Å²) < 4.78 is 43.7. The quantitative estimate of drug-likeness (QED) is 0.207. The fraction of sp³-hybridized carbons (Fsp3) is 0.250. The van der Waals surface area contributed by atoms with E-state index < -0.39 is 22.7 Å². The molecular formula is C40H33F2NO2. The van der Waals surface area contributed by atoms with Crippen LogP contribution in [0, 0.1) is 11.6 Å². The molecule has 5 aromatic carbocycles. The van der Waals surface area contributed by atoms with Crippen LogP contribution in [-0.2, 0) is 15.8 Å². The van der Waals surface area contributed by atoms with Crippen LogP contribution in [-0.4, -0.2) is 26.3 Å². The van der Waals surface area contributed by atoms with Gasteiger partial charge in [-0.25, -0.2) is 8.78 Å². The Labute approximate surface area is 261 Å². The molecule has 2 heterocycles. The highest BCUT2D eigenvalue weighted by Gasteiger charge is 2.51. The van der Waals surface area contributed by atoms with Gasteiger partial charge in [0.1, 0.15) is 17.4 Å². The molecule has 0 radical (unpaired) electrons. The largest absolute Gasteiger partial charge is 0.472 e. The molecule has 2 aliphatic heterocycles. The Bertz CT molecular complexity index is 1990. The molecule has 2 fully saturated rings. The van der Waals surface area contributed by atoms with Crippen LogP contribution in [0.2, 0.25) is 0 Å². The first-order valence-corrected chi connectivity index (χ1v) is 16.1. The molecule has 0 aromatic heterocycles. The van der Waals surface area contributed by atoms with Gasteiger partial charge in [0.2, 0.25) is 0 Å². The molecule has 4 aliphatic rings. The van der Waals surface area contributed by atoms with Crippen LogP contribution < -0.4 is 9.64 Å². The van der Waals surface area contributed by atoms with Gasteiger partial charge in [0.05, 0.1) is 13.2 Å². The van der Waals surface area contributed by atoms with Crippen molar-refractivity contribution in [3.8, 4) is 16.9 Å². The normalized spacial score (nSPS) is 21.1. The number of morpholine rings is 1. The van der Waals surface area contributed by atoms with Crippen molar-refractivity contribution in [3.05, 3.63) is 137 Å². The summed E-state index contributed by atoms with van der Waals surface area (Å²) in [7, 11) is 0. The molecule has 5 aromatic rings. The van der Waals surface area contributed by atoms with Crippen LogP contribution in [0.5, 0.6) is 5.75 Å².